The average molecular weight is 341 g/mol. The van der Waals surface area contributed by atoms with Crippen molar-refractivity contribution in [3.8, 4) is 11.4 Å². The van der Waals surface area contributed by atoms with Crippen LogP contribution in [0.3, 0.4) is 0 Å². The van der Waals surface area contributed by atoms with E-state index in [0.717, 1.165) is 37.3 Å². The summed E-state index contributed by atoms with van der Waals surface area (Å²) < 4.78 is 5.57. The van der Waals surface area contributed by atoms with E-state index >= 15 is 0 Å². The fourth-order valence-electron chi connectivity index (χ4n) is 3.06. The number of nitrogens with one attached hydrogen (secondary N) is 1. The lowest BCUT2D eigenvalue weighted by Crippen LogP contribution is -2.22. The van der Waals surface area contributed by atoms with Crippen LogP contribution >= 0.6 is 11.3 Å². The van der Waals surface area contributed by atoms with E-state index in [4.69, 9.17) is 4.52 Å². The highest BCUT2D eigenvalue weighted by Gasteiger charge is 2.31. The normalized spacial score (nSPS) is 18.1. The Bertz CT molecular complexity index is 784. The van der Waals surface area contributed by atoms with Crippen molar-refractivity contribution in [2.24, 2.45) is 0 Å². The van der Waals surface area contributed by atoms with E-state index in [2.05, 4.69) is 42.9 Å². The van der Waals surface area contributed by atoms with E-state index in [0.29, 0.717) is 11.7 Å². The summed E-state index contributed by atoms with van der Waals surface area (Å²) >= 11 is 1.79. The Morgan fingerprint density at radius 2 is 2.33 bits per heavy atom. The number of anilines is 1. The van der Waals surface area contributed by atoms with Crippen LogP contribution in [-0.2, 0) is 6.54 Å². The summed E-state index contributed by atoms with van der Waals surface area (Å²) in [5.74, 6) is 2.13. The maximum Gasteiger partial charge on any atom is 0.244 e. The zero-order chi connectivity index (χ0) is 16.4. The van der Waals surface area contributed by atoms with Crippen molar-refractivity contribution in [1.82, 2.24) is 20.0 Å². The minimum atomic E-state index is 0.206. The summed E-state index contributed by atoms with van der Waals surface area (Å²) in [5.41, 5.74) is 0.867. The van der Waals surface area contributed by atoms with Gasteiger partial charge in [0.2, 0.25) is 11.7 Å². The molecule has 6 nitrogen and oxygen atoms in total. The van der Waals surface area contributed by atoms with Crippen molar-refractivity contribution < 1.29 is 4.52 Å². The summed E-state index contributed by atoms with van der Waals surface area (Å²) in [6.07, 6.45) is 3.98. The van der Waals surface area contributed by atoms with Crippen LogP contribution in [0.15, 0.2) is 40.4 Å². The van der Waals surface area contributed by atoms with Crippen molar-refractivity contribution in [3.05, 3.63) is 46.6 Å². The molecular weight excluding hydrogens is 322 g/mol. The van der Waals surface area contributed by atoms with Crippen LogP contribution in [0.5, 0.6) is 0 Å². The molecule has 0 bridgehead atoms. The number of pyridine rings is 1. The van der Waals surface area contributed by atoms with Gasteiger partial charge in [0.15, 0.2) is 0 Å². The summed E-state index contributed by atoms with van der Waals surface area (Å²) in [6.45, 7) is 2.01. The van der Waals surface area contributed by atoms with Crippen molar-refractivity contribution in [3.63, 3.8) is 0 Å². The molecule has 0 amide bonds. The van der Waals surface area contributed by atoms with Crippen LogP contribution in [0.2, 0.25) is 0 Å². The first kappa shape index (κ1) is 15.3. The van der Waals surface area contributed by atoms with Gasteiger partial charge < -0.3 is 9.84 Å². The van der Waals surface area contributed by atoms with Gasteiger partial charge in [-0.3, -0.25) is 4.90 Å². The predicted octanol–water partition coefficient (Wildman–Crippen LogP) is 3.57. The first-order chi connectivity index (χ1) is 11.8. The fraction of sp³-hybridized carbons (Fsp3) is 0.353. The Kier molecular flexibility index (Phi) is 4.27. The molecule has 1 N–H and O–H groups in total. The Labute approximate surface area is 144 Å². The van der Waals surface area contributed by atoms with Crippen LogP contribution in [0.1, 0.15) is 29.7 Å². The second-order valence-electron chi connectivity index (χ2n) is 5.85. The monoisotopic (exact) mass is 341 g/mol. The fourth-order valence-corrected chi connectivity index (χ4v) is 3.79. The van der Waals surface area contributed by atoms with Gasteiger partial charge in [0.1, 0.15) is 5.82 Å². The molecule has 0 saturated carbocycles. The smallest absolute Gasteiger partial charge is 0.244 e. The van der Waals surface area contributed by atoms with Gasteiger partial charge in [0.25, 0.3) is 0 Å². The van der Waals surface area contributed by atoms with E-state index in [1.54, 1.807) is 17.5 Å². The molecule has 3 aromatic rings. The van der Waals surface area contributed by atoms with Gasteiger partial charge in [-0.15, -0.1) is 11.3 Å². The molecule has 4 heterocycles. The highest BCUT2D eigenvalue weighted by atomic mass is 32.1. The van der Waals surface area contributed by atoms with Crippen molar-refractivity contribution in [1.29, 1.82) is 0 Å². The summed E-state index contributed by atoms with van der Waals surface area (Å²) in [4.78, 5) is 12.7. The topological polar surface area (TPSA) is 67.1 Å². The lowest BCUT2D eigenvalue weighted by atomic mass is 10.2. The van der Waals surface area contributed by atoms with E-state index in [1.807, 2.05) is 19.2 Å². The maximum atomic E-state index is 5.57. The minimum absolute atomic E-state index is 0.206. The van der Waals surface area contributed by atoms with E-state index in [1.165, 1.54) is 4.88 Å². The molecule has 1 saturated heterocycles. The highest BCUT2D eigenvalue weighted by molar-refractivity contribution is 7.09. The van der Waals surface area contributed by atoms with E-state index < -0.39 is 0 Å². The number of nitrogens with zero attached hydrogens (tertiary/aromatic N) is 4. The van der Waals surface area contributed by atoms with E-state index in [9.17, 15) is 0 Å². The number of likely N-dealkylation sites (tertiary alicyclic amines) is 1. The number of thiophene rings is 1. The third kappa shape index (κ3) is 3.05. The predicted molar refractivity (Wildman–Crippen MR) is 93.8 cm³/mol. The number of aromatic nitrogens is 3. The van der Waals surface area contributed by atoms with Crippen LogP contribution in [0.4, 0.5) is 5.82 Å². The molecule has 3 aromatic heterocycles. The first-order valence-electron chi connectivity index (χ1n) is 8.07. The Morgan fingerprint density at radius 3 is 3.08 bits per heavy atom. The minimum Gasteiger partial charge on any atom is -0.373 e. The highest BCUT2D eigenvalue weighted by Crippen LogP contribution is 2.33. The van der Waals surface area contributed by atoms with Gasteiger partial charge >= 0.3 is 0 Å². The van der Waals surface area contributed by atoms with E-state index in [-0.39, 0.29) is 6.04 Å². The molecule has 0 aliphatic carbocycles. The molecule has 7 heteroatoms. The summed E-state index contributed by atoms with van der Waals surface area (Å²) in [7, 11) is 1.84. The largest absolute Gasteiger partial charge is 0.373 e. The van der Waals surface area contributed by atoms with Gasteiger partial charge in [-0.2, -0.15) is 4.98 Å². The van der Waals surface area contributed by atoms with Gasteiger partial charge in [-0.05, 0) is 43.0 Å². The van der Waals surface area contributed by atoms with Crippen molar-refractivity contribution in [2.45, 2.75) is 25.4 Å². The zero-order valence-electron chi connectivity index (χ0n) is 13.5. The molecule has 0 radical (unpaired) electrons. The number of rotatable bonds is 5. The van der Waals surface area contributed by atoms with Crippen molar-refractivity contribution >= 4 is 17.2 Å². The second-order valence-corrected chi connectivity index (χ2v) is 6.88. The van der Waals surface area contributed by atoms with Crippen LogP contribution in [-0.4, -0.2) is 33.6 Å². The third-order valence-electron chi connectivity index (χ3n) is 4.31. The second kappa shape index (κ2) is 6.70. The van der Waals surface area contributed by atoms with Crippen molar-refractivity contribution in [2.75, 3.05) is 18.9 Å². The number of hydrogen-bond acceptors (Lipinski definition) is 7. The Hall–Kier alpha value is -2.25. The van der Waals surface area contributed by atoms with Gasteiger partial charge in [0, 0.05) is 30.2 Å². The Morgan fingerprint density at radius 1 is 1.38 bits per heavy atom. The third-order valence-corrected chi connectivity index (χ3v) is 5.17. The molecule has 1 unspecified atom stereocenters. The van der Waals surface area contributed by atoms with Crippen LogP contribution in [0, 0.1) is 0 Å². The zero-order valence-corrected chi connectivity index (χ0v) is 14.3. The van der Waals surface area contributed by atoms with Crippen LogP contribution in [0.25, 0.3) is 11.4 Å². The molecule has 124 valence electrons. The standard InChI is InChI=1S/C17H19N5OS/c1-18-15-7-6-12(10-19-15)16-20-17(23-21-16)14-5-2-8-22(14)11-13-4-3-9-24-13/h3-4,6-7,9-10,14H,2,5,8,11H2,1H3,(H,18,19). The van der Waals surface area contributed by atoms with Gasteiger partial charge in [0.05, 0.1) is 6.04 Å². The molecule has 0 aromatic carbocycles. The maximum absolute atomic E-state index is 5.57. The average Bonchev–Trinajstić information content (AvgIpc) is 3.37. The Balaban J connectivity index is 1.52. The SMILES string of the molecule is CNc1ccc(-c2noc(C3CCCN3Cc3cccs3)n2)cn1. The van der Waals surface area contributed by atoms with Gasteiger partial charge in [-0.1, -0.05) is 11.2 Å². The van der Waals surface area contributed by atoms with Crippen LogP contribution < -0.4 is 5.32 Å². The first-order valence-corrected chi connectivity index (χ1v) is 8.95. The molecule has 4 rings (SSSR count). The molecular formula is C17H19N5OS. The lowest BCUT2D eigenvalue weighted by molar-refractivity contribution is 0.202. The molecule has 1 atom stereocenters. The molecule has 24 heavy (non-hydrogen) atoms. The number of hydrogen-bond donors (Lipinski definition) is 1. The molecule has 0 spiro atoms. The summed E-state index contributed by atoms with van der Waals surface area (Å²) in [6, 6.07) is 8.33. The molecule has 1 fully saturated rings. The lowest BCUT2D eigenvalue weighted by Gasteiger charge is -2.20. The van der Waals surface area contributed by atoms with Gasteiger partial charge in [-0.25, -0.2) is 4.98 Å². The molecule has 1 aliphatic heterocycles. The summed E-state index contributed by atoms with van der Waals surface area (Å²) in [5, 5.41) is 9.27. The molecule has 1 aliphatic rings. The quantitative estimate of drug-likeness (QED) is 0.765.